The largest absolute Gasteiger partial charge is 0.309 e. The molecule has 316 valence electrons. The van der Waals surface area contributed by atoms with Gasteiger partial charge in [-0.25, -0.2) is 0 Å². The van der Waals surface area contributed by atoms with E-state index >= 15 is 0 Å². The summed E-state index contributed by atoms with van der Waals surface area (Å²) in [5.74, 6) is 0. The van der Waals surface area contributed by atoms with E-state index in [1.54, 1.807) is 0 Å². The van der Waals surface area contributed by atoms with Crippen LogP contribution in [0.5, 0.6) is 0 Å². The summed E-state index contributed by atoms with van der Waals surface area (Å²) in [5.41, 5.74) is 21.4. The second-order valence-electron chi connectivity index (χ2n) is 18.6. The fourth-order valence-corrected chi connectivity index (χ4v) is 13.2. The maximum atomic E-state index is 2.62. The first-order valence-electron chi connectivity index (χ1n) is 23.8. The molecule has 1 aliphatic heterocycles. The Bertz CT molecular complexity index is 4000. The number of anilines is 3. The zero-order valence-electron chi connectivity index (χ0n) is 37.1. The van der Waals surface area contributed by atoms with Gasteiger partial charge >= 0.3 is 0 Å². The SMILES string of the molecule is c1ccc(C2(c3ccccc3)c3ccccc3-c3c(N(c4cccc5c4-c4ccccc4C54c5ccccc5-n5c6ccccc6c6cccc4c65)c4cccc5ccccc45)cccc32)cc1. The van der Waals surface area contributed by atoms with Crippen LogP contribution in [0, 0.1) is 0 Å². The van der Waals surface area contributed by atoms with Crippen molar-refractivity contribution < 1.29 is 0 Å². The zero-order chi connectivity index (χ0) is 44.6. The van der Waals surface area contributed by atoms with Crippen molar-refractivity contribution in [3.63, 3.8) is 0 Å². The van der Waals surface area contributed by atoms with Crippen LogP contribution in [0.3, 0.4) is 0 Å². The number of nitrogens with zero attached hydrogens (tertiary/aromatic N) is 2. The molecule has 68 heavy (non-hydrogen) atoms. The van der Waals surface area contributed by atoms with Gasteiger partial charge in [-0.1, -0.05) is 224 Å². The van der Waals surface area contributed by atoms with Crippen LogP contribution in [0.15, 0.2) is 255 Å². The fraction of sp³-hybridized carbons (Fsp3) is 0.0303. The van der Waals surface area contributed by atoms with E-state index in [1.165, 1.54) is 105 Å². The first kappa shape index (κ1) is 37.5. The monoisotopic (exact) mass is 862 g/mol. The standard InChI is InChI=1S/C66H42N2/c1-3-23-44(24-4-1)65(45-25-5-2-6-26-45)51-32-12-9-29-49(51)62-54(65)35-19-41-60(62)67(57-40-17-22-43-21-7-8-27-46(43)57)61-42-20-36-55-63(61)50-30-10-13-33-52(50)66(55)53-34-14-16-39-59(53)68-58-38-15-11-28-47(58)48-31-18-37-56(66)64(48)68/h1-42H. The summed E-state index contributed by atoms with van der Waals surface area (Å²) in [6.07, 6.45) is 0. The normalized spacial score (nSPS) is 15.5. The number of para-hydroxylation sites is 3. The molecule has 1 aromatic heterocycles. The van der Waals surface area contributed by atoms with Gasteiger partial charge in [-0.15, -0.1) is 0 Å². The molecule has 3 aliphatic rings. The molecule has 2 nitrogen and oxygen atoms in total. The van der Waals surface area contributed by atoms with Crippen molar-refractivity contribution in [2.24, 2.45) is 0 Å². The van der Waals surface area contributed by atoms with Gasteiger partial charge in [0.15, 0.2) is 0 Å². The molecule has 0 radical (unpaired) electrons. The number of hydrogen-bond donors (Lipinski definition) is 0. The second-order valence-corrected chi connectivity index (χ2v) is 18.6. The summed E-state index contributed by atoms with van der Waals surface area (Å²) in [7, 11) is 0. The van der Waals surface area contributed by atoms with E-state index in [-0.39, 0.29) is 0 Å². The molecule has 2 heteroatoms. The van der Waals surface area contributed by atoms with Gasteiger partial charge in [-0.05, 0) is 91.4 Å². The van der Waals surface area contributed by atoms with Gasteiger partial charge in [-0.2, -0.15) is 0 Å². The van der Waals surface area contributed by atoms with E-state index < -0.39 is 10.8 Å². The molecule has 2 heterocycles. The van der Waals surface area contributed by atoms with Gasteiger partial charge in [0.2, 0.25) is 0 Å². The van der Waals surface area contributed by atoms with Crippen molar-refractivity contribution in [2.75, 3.05) is 4.90 Å². The average molecular weight is 863 g/mol. The highest BCUT2D eigenvalue weighted by Crippen LogP contribution is 2.65. The van der Waals surface area contributed by atoms with E-state index in [9.17, 15) is 0 Å². The van der Waals surface area contributed by atoms with Gasteiger partial charge in [0.25, 0.3) is 0 Å². The summed E-state index contributed by atoms with van der Waals surface area (Å²) in [4.78, 5) is 2.62. The molecule has 15 rings (SSSR count). The van der Waals surface area contributed by atoms with Gasteiger partial charge in [0, 0.05) is 27.3 Å². The van der Waals surface area contributed by atoms with Crippen LogP contribution in [-0.2, 0) is 10.8 Å². The van der Waals surface area contributed by atoms with Crippen LogP contribution in [0.25, 0.3) is 60.5 Å². The number of fused-ring (bicyclic) bond motifs is 16. The predicted octanol–water partition coefficient (Wildman–Crippen LogP) is 16.4. The lowest BCUT2D eigenvalue weighted by molar-refractivity contribution is 0.748. The molecular formula is C66H42N2. The minimum Gasteiger partial charge on any atom is -0.309 e. The molecule has 0 fully saturated rings. The molecule has 0 N–H and O–H groups in total. The molecule has 0 saturated heterocycles. The lowest BCUT2D eigenvalue weighted by Gasteiger charge is -2.39. The van der Waals surface area contributed by atoms with E-state index in [4.69, 9.17) is 0 Å². The lowest BCUT2D eigenvalue weighted by Crippen LogP contribution is -2.33. The highest BCUT2D eigenvalue weighted by atomic mass is 15.2. The Morgan fingerprint density at radius 3 is 1.46 bits per heavy atom. The van der Waals surface area contributed by atoms with Crippen LogP contribution in [0.1, 0.15) is 44.5 Å². The maximum Gasteiger partial charge on any atom is 0.0755 e. The number of rotatable bonds is 5. The highest BCUT2D eigenvalue weighted by Gasteiger charge is 2.52. The molecule has 0 bridgehead atoms. The molecule has 0 saturated carbocycles. The molecule has 1 spiro atoms. The number of aromatic nitrogens is 1. The van der Waals surface area contributed by atoms with E-state index in [1.807, 2.05) is 0 Å². The Morgan fingerprint density at radius 1 is 0.294 bits per heavy atom. The summed E-state index contributed by atoms with van der Waals surface area (Å²) >= 11 is 0. The lowest BCUT2D eigenvalue weighted by atomic mass is 9.65. The molecule has 12 aromatic rings. The smallest absolute Gasteiger partial charge is 0.0755 e. The molecule has 2 aliphatic carbocycles. The Labute approximate surface area is 395 Å². The summed E-state index contributed by atoms with van der Waals surface area (Å²) in [6.45, 7) is 0. The highest BCUT2D eigenvalue weighted by molar-refractivity contribution is 6.14. The van der Waals surface area contributed by atoms with Crippen LogP contribution in [0.2, 0.25) is 0 Å². The molecule has 1 atom stereocenters. The van der Waals surface area contributed by atoms with Crippen molar-refractivity contribution in [3.05, 3.63) is 299 Å². The van der Waals surface area contributed by atoms with Crippen molar-refractivity contribution in [1.29, 1.82) is 0 Å². The third-order valence-corrected chi connectivity index (χ3v) is 15.6. The van der Waals surface area contributed by atoms with Crippen molar-refractivity contribution in [3.8, 4) is 27.9 Å². The van der Waals surface area contributed by atoms with Crippen LogP contribution >= 0.6 is 0 Å². The minimum atomic E-state index is -0.589. The molecular weight excluding hydrogens is 821 g/mol. The second kappa shape index (κ2) is 13.9. The average Bonchev–Trinajstić information content (AvgIpc) is 4.03. The predicted molar refractivity (Wildman–Crippen MR) is 281 cm³/mol. The van der Waals surface area contributed by atoms with E-state index in [0.717, 1.165) is 17.1 Å². The summed E-state index contributed by atoms with van der Waals surface area (Å²) < 4.78 is 2.53. The van der Waals surface area contributed by atoms with Crippen LogP contribution < -0.4 is 4.90 Å². The van der Waals surface area contributed by atoms with Gasteiger partial charge in [0.1, 0.15) is 0 Å². The van der Waals surface area contributed by atoms with Gasteiger partial charge in [0.05, 0.1) is 44.6 Å². The van der Waals surface area contributed by atoms with Crippen molar-refractivity contribution >= 4 is 49.6 Å². The summed E-state index contributed by atoms with van der Waals surface area (Å²) in [5, 5.41) is 4.97. The topological polar surface area (TPSA) is 8.17 Å². The Hall–Kier alpha value is -8.72. The van der Waals surface area contributed by atoms with Crippen LogP contribution in [-0.4, -0.2) is 4.57 Å². The summed E-state index contributed by atoms with van der Waals surface area (Å²) in [6, 6.07) is 95.7. The third kappa shape index (κ3) is 4.61. The first-order valence-corrected chi connectivity index (χ1v) is 23.8. The molecule has 0 amide bonds. The fourth-order valence-electron chi connectivity index (χ4n) is 13.2. The number of hydrogen-bond acceptors (Lipinski definition) is 1. The first-order chi connectivity index (χ1) is 33.8. The Kier molecular flexibility index (Phi) is 7.67. The van der Waals surface area contributed by atoms with Gasteiger partial charge < -0.3 is 9.47 Å². The van der Waals surface area contributed by atoms with Crippen LogP contribution in [0.4, 0.5) is 17.1 Å². The number of benzene rings is 11. The molecule has 1 unspecified atom stereocenters. The molecule has 11 aromatic carbocycles. The minimum absolute atomic E-state index is 0.548. The quantitative estimate of drug-likeness (QED) is 0.167. The Morgan fingerprint density at radius 2 is 0.750 bits per heavy atom. The van der Waals surface area contributed by atoms with E-state index in [2.05, 4.69) is 264 Å². The van der Waals surface area contributed by atoms with Gasteiger partial charge in [-0.3, -0.25) is 0 Å². The maximum absolute atomic E-state index is 2.62. The van der Waals surface area contributed by atoms with E-state index in [0.29, 0.717) is 0 Å². The van der Waals surface area contributed by atoms with Crippen molar-refractivity contribution in [1.82, 2.24) is 4.57 Å². The zero-order valence-corrected chi connectivity index (χ0v) is 37.1. The van der Waals surface area contributed by atoms with Crippen molar-refractivity contribution in [2.45, 2.75) is 10.8 Å². The Balaban J connectivity index is 1.09. The third-order valence-electron chi connectivity index (χ3n) is 15.6.